The quantitative estimate of drug-likeness (QED) is 0.532. The first-order chi connectivity index (χ1) is 13.5. The summed E-state index contributed by atoms with van der Waals surface area (Å²) >= 11 is 7.35. The lowest BCUT2D eigenvalue weighted by molar-refractivity contribution is -0.127. The molecule has 2 aromatic carbocycles. The molecule has 0 saturated carbocycles. The topological polar surface area (TPSA) is 47.4 Å². The van der Waals surface area contributed by atoms with Crippen molar-refractivity contribution in [3.05, 3.63) is 71.3 Å². The third-order valence-electron chi connectivity index (χ3n) is 4.15. The lowest BCUT2D eigenvalue weighted by atomic mass is 10.2. The van der Waals surface area contributed by atoms with Gasteiger partial charge in [-0.1, -0.05) is 35.5 Å². The molecule has 1 heterocycles. The maximum absolute atomic E-state index is 13.9. The molecule has 0 radical (unpaired) electrons. The van der Waals surface area contributed by atoms with E-state index in [1.165, 1.54) is 28.8 Å². The van der Waals surface area contributed by atoms with Crippen LogP contribution in [-0.4, -0.2) is 40.3 Å². The Morgan fingerprint density at radius 2 is 2.11 bits per heavy atom. The molecular weight excluding hydrogens is 401 g/mol. The van der Waals surface area contributed by atoms with Crippen molar-refractivity contribution in [2.45, 2.75) is 11.7 Å². The van der Waals surface area contributed by atoms with Crippen LogP contribution in [0.4, 0.5) is 4.39 Å². The van der Waals surface area contributed by atoms with E-state index < -0.39 is 5.82 Å². The van der Waals surface area contributed by atoms with E-state index >= 15 is 0 Å². The minimum atomic E-state index is -0.423. The van der Waals surface area contributed by atoms with Crippen LogP contribution in [0.2, 0.25) is 5.02 Å². The van der Waals surface area contributed by atoms with E-state index in [9.17, 15) is 9.18 Å². The van der Waals surface area contributed by atoms with Gasteiger partial charge in [0.05, 0.1) is 18.6 Å². The van der Waals surface area contributed by atoms with E-state index in [1.54, 1.807) is 26.4 Å². The fraction of sp³-hybridized carbons (Fsp3) is 0.200. The number of halogens is 2. The number of carbonyl (C=O) groups is 1. The summed E-state index contributed by atoms with van der Waals surface area (Å²) < 4.78 is 21.1. The smallest absolute Gasteiger partial charge is 0.233 e. The number of imidazole rings is 1. The molecule has 0 saturated heterocycles. The van der Waals surface area contributed by atoms with E-state index in [4.69, 9.17) is 16.3 Å². The predicted octanol–water partition coefficient (Wildman–Crippen LogP) is 4.42. The van der Waals surface area contributed by atoms with Gasteiger partial charge in [0.25, 0.3) is 0 Å². The highest BCUT2D eigenvalue weighted by molar-refractivity contribution is 7.99. The third-order valence-corrected chi connectivity index (χ3v) is 5.45. The van der Waals surface area contributed by atoms with Gasteiger partial charge in [0.1, 0.15) is 11.6 Å². The van der Waals surface area contributed by atoms with E-state index in [-0.39, 0.29) is 18.2 Å². The van der Waals surface area contributed by atoms with Crippen molar-refractivity contribution in [3.63, 3.8) is 0 Å². The second-order valence-electron chi connectivity index (χ2n) is 6.02. The van der Waals surface area contributed by atoms with Crippen LogP contribution in [0.3, 0.4) is 0 Å². The summed E-state index contributed by atoms with van der Waals surface area (Å²) in [7, 11) is 3.24. The number of ether oxygens (including phenoxy) is 1. The van der Waals surface area contributed by atoms with Gasteiger partial charge in [-0.25, -0.2) is 9.37 Å². The van der Waals surface area contributed by atoms with E-state index in [1.807, 2.05) is 35.0 Å². The molecule has 5 nitrogen and oxygen atoms in total. The van der Waals surface area contributed by atoms with Crippen LogP contribution < -0.4 is 4.74 Å². The van der Waals surface area contributed by atoms with Crippen LogP contribution in [0, 0.1) is 5.82 Å². The third kappa shape index (κ3) is 4.66. The van der Waals surface area contributed by atoms with Crippen LogP contribution in [0.1, 0.15) is 5.56 Å². The normalized spacial score (nSPS) is 10.7. The summed E-state index contributed by atoms with van der Waals surface area (Å²) in [5.74, 6) is 0.335. The molecule has 1 aromatic heterocycles. The van der Waals surface area contributed by atoms with Gasteiger partial charge in [-0.2, -0.15) is 0 Å². The first-order valence-corrected chi connectivity index (χ1v) is 9.83. The Morgan fingerprint density at radius 1 is 1.32 bits per heavy atom. The summed E-state index contributed by atoms with van der Waals surface area (Å²) in [6.07, 6.45) is 3.50. The van der Waals surface area contributed by atoms with E-state index in [0.717, 1.165) is 11.4 Å². The number of hydrogen-bond donors (Lipinski definition) is 0. The zero-order chi connectivity index (χ0) is 20.1. The highest BCUT2D eigenvalue weighted by Crippen LogP contribution is 2.24. The lowest BCUT2D eigenvalue weighted by Crippen LogP contribution is -2.28. The number of rotatable bonds is 7. The van der Waals surface area contributed by atoms with Gasteiger partial charge in [-0.3, -0.25) is 9.36 Å². The van der Waals surface area contributed by atoms with Gasteiger partial charge in [0.15, 0.2) is 5.16 Å². The number of thioether (sulfide) groups is 1. The Kier molecular flexibility index (Phi) is 6.59. The molecule has 0 aliphatic rings. The number of nitrogens with zero attached hydrogens (tertiary/aromatic N) is 3. The minimum absolute atomic E-state index is 0.106. The summed E-state index contributed by atoms with van der Waals surface area (Å²) in [6, 6.07) is 12.1. The van der Waals surface area contributed by atoms with Crippen molar-refractivity contribution in [2.24, 2.45) is 0 Å². The molecule has 146 valence electrons. The summed E-state index contributed by atoms with van der Waals surface area (Å²) in [6.45, 7) is 0.106. The van der Waals surface area contributed by atoms with Gasteiger partial charge in [-0.15, -0.1) is 0 Å². The SMILES string of the molecule is COc1cccc(-n2ccnc2SCC(=O)N(C)Cc2c(F)cccc2Cl)c1. The number of aromatic nitrogens is 2. The number of carbonyl (C=O) groups excluding carboxylic acids is 1. The zero-order valence-corrected chi connectivity index (χ0v) is 17.0. The fourth-order valence-corrected chi connectivity index (χ4v) is 3.74. The average molecular weight is 420 g/mol. The standard InChI is InChI=1S/C20H19ClFN3O2S/c1-24(12-16-17(21)7-4-8-18(16)22)19(26)13-28-20-23-9-10-25(20)14-5-3-6-15(11-14)27-2/h3-11H,12-13H2,1-2H3. The van der Waals surface area contributed by atoms with Crippen LogP contribution in [-0.2, 0) is 11.3 Å². The predicted molar refractivity (Wildman–Crippen MR) is 109 cm³/mol. The maximum Gasteiger partial charge on any atom is 0.233 e. The van der Waals surface area contributed by atoms with Gasteiger partial charge in [0.2, 0.25) is 5.91 Å². The van der Waals surface area contributed by atoms with E-state index in [0.29, 0.717) is 15.7 Å². The first-order valence-electron chi connectivity index (χ1n) is 8.47. The molecule has 0 N–H and O–H groups in total. The molecule has 0 aliphatic heterocycles. The Balaban J connectivity index is 1.66. The fourth-order valence-electron chi connectivity index (χ4n) is 2.60. The van der Waals surface area contributed by atoms with Gasteiger partial charge < -0.3 is 9.64 Å². The second-order valence-corrected chi connectivity index (χ2v) is 7.37. The van der Waals surface area contributed by atoms with Crippen molar-refractivity contribution in [1.29, 1.82) is 0 Å². The molecule has 0 aliphatic carbocycles. The monoisotopic (exact) mass is 419 g/mol. The molecule has 3 aromatic rings. The molecule has 28 heavy (non-hydrogen) atoms. The Morgan fingerprint density at radius 3 is 2.86 bits per heavy atom. The molecule has 0 spiro atoms. The first kappa shape index (κ1) is 20.2. The Labute approximate surface area is 172 Å². The number of benzene rings is 2. The minimum Gasteiger partial charge on any atom is -0.497 e. The van der Waals surface area contributed by atoms with Crippen molar-refractivity contribution < 1.29 is 13.9 Å². The van der Waals surface area contributed by atoms with Crippen molar-refractivity contribution in [1.82, 2.24) is 14.5 Å². The summed E-state index contributed by atoms with van der Waals surface area (Å²) in [5, 5.41) is 0.986. The second kappa shape index (κ2) is 9.12. The van der Waals surface area contributed by atoms with Crippen molar-refractivity contribution in [3.8, 4) is 11.4 Å². The molecule has 3 rings (SSSR count). The summed E-state index contributed by atoms with van der Waals surface area (Å²) in [5.41, 5.74) is 1.20. The van der Waals surface area contributed by atoms with Crippen LogP contribution in [0.25, 0.3) is 5.69 Å². The van der Waals surface area contributed by atoms with E-state index in [2.05, 4.69) is 4.98 Å². The average Bonchev–Trinajstić information content (AvgIpc) is 3.17. The van der Waals surface area contributed by atoms with Crippen molar-refractivity contribution >= 4 is 29.3 Å². The molecule has 1 amide bonds. The molecule has 0 fully saturated rings. The highest BCUT2D eigenvalue weighted by atomic mass is 35.5. The van der Waals surface area contributed by atoms with Crippen LogP contribution in [0.15, 0.2) is 60.0 Å². The molecule has 8 heteroatoms. The van der Waals surface area contributed by atoms with Crippen LogP contribution in [0.5, 0.6) is 5.75 Å². The van der Waals surface area contributed by atoms with Crippen LogP contribution >= 0.6 is 23.4 Å². The Hall–Kier alpha value is -2.51. The molecular formula is C20H19ClFN3O2S. The summed E-state index contributed by atoms with van der Waals surface area (Å²) in [4.78, 5) is 18.3. The van der Waals surface area contributed by atoms with Gasteiger partial charge >= 0.3 is 0 Å². The number of hydrogen-bond acceptors (Lipinski definition) is 4. The molecule has 0 bridgehead atoms. The van der Waals surface area contributed by atoms with Crippen molar-refractivity contribution in [2.75, 3.05) is 19.9 Å². The Bertz CT molecular complexity index is 959. The highest BCUT2D eigenvalue weighted by Gasteiger charge is 2.16. The molecule has 0 unspecified atom stereocenters. The zero-order valence-electron chi connectivity index (χ0n) is 15.4. The maximum atomic E-state index is 13.9. The number of amides is 1. The lowest BCUT2D eigenvalue weighted by Gasteiger charge is -2.18. The van der Waals surface area contributed by atoms with Gasteiger partial charge in [-0.05, 0) is 24.3 Å². The van der Waals surface area contributed by atoms with Gasteiger partial charge in [0, 0.05) is 42.6 Å². The molecule has 0 atom stereocenters. The number of methoxy groups -OCH3 is 1. The largest absolute Gasteiger partial charge is 0.497 e.